The third-order valence-electron chi connectivity index (χ3n) is 2.14. The molecule has 1 aromatic carbocycles. The third-order valence-corrected chi connectivity index (χ3v) is 2.14. The van der Waals surface area contributed by atoms with Crippen LogP contribution < -0.4 is 5.73 Å². The van der Waals surface area contributed by atoms with Gasteiger partial charge in [-0.1, -0.05) is 29.4 Å². The molecule has 4 heteroatoms. The van der Waals surface area contributed by atoms with Crippen LogP contribution in [-0.2, 0) is 4.74 Å². The summed E-state index contributed by atoms with van der Waals surface area (Å²) in [6.07, 6.45) is 0.0522. The van der Waals surface area contributed by atoms with Crippen molar-refractivity contribution < 1.29 is 9.94 Å². The molecule has 0 fully saturated rings. The normalized spacial score (nSPS) is 14.0. The van der Waals surface area contributed by atoms with Crippen molar-refractivity contribution in [2.75, 3.05) is 7.11 Å². The Balaban J connectivity index is 2.89. The molecule has 3 N–H and O–H groups in total. The summed E-state index contributed by atoms with van der Waals surface area (Å²) in [5.41, 5.74) is 7.17. The van der Waals surface area contributed by atoms with E-state index in [1.807, 2.05) is 19.1 Å². The molecule has 0 bridgehead atoms. The van der Waals surface area contributed by atoms with E-state index in [0.717, 1.165) is 5.56 Å². The summed E-state index contributed by atoms with van der Waals surface area (Å²) in [4.78, 5) is 0. The summed E-state index contributed by atoms with van der Waals surface area (Å²) in [6.45, 7) is 1.96. The first kappa shape index (κ1) is 10.5. The lowest BCUT2D eigenvalue weighted by atomic mass is 10.1. The van der Waals surface area contributed by atoms with Crippen LogP contribution in [0.25, 0.3) is 0 Å². The number of methoxy groups -OCH3 is 1. The second-order valence-electron chi connectivity index (χ2n) is 2.99. The van der Waals surface area contributed by atoms with E-state index in [1.54, 1.807) is 19.2 Å². The zero-order valence-corrected chi connectivity index (χ0v) is 8.27. The van der Waals surface area contributed by atoms with Crippen molar-refractivity contribution in [3.05, 3.63) is 35.4 Å². The van der Waals surface area contributed by atoms with Gasteiger partial charge < -0.3 is 15.7 Å². The van der Waals surface area contributed by atoms with Crippen LogP contribution in [0.4, 0.5) is 0 Å². The van der Waals surface area contributed by atoms with Gasteiger partial charge in [-0.2, -0.15) is 0 Å². The first-order chi connectivity index (χ1) is 6.69. The highest BCUT2D eigenvalue weighted by molar-refractivity contribution is 5.96. The minimum Gasteiger partial charge on any atom is -0.409 e. The van der Waals surface area contributed by atoms with Crippen LogP contribution in [0, 0.1) is 0 Å². The lowest BCUT2D eigenvalue weighted by molar-refractivity contribution is 0.119. The van der Waals surface area contributed by atoms with Crippen molar-refractivity contribution in [3.63, 3.8) is 0 Å². The van der Waals surface area contributed by atoms with E-state index in [2.05, 4.69) is 5.16 Å². The molecule has 0 aliphatic rings. The molecule has 0 heterocycles. The predicted molar refractivity (Wildman–Crippen MR) is 54.4 cm³/mol. The van der Waals surface area contributed by atoms with Gasteiger partial charge in [0.05, 0.1) is 6.10 Å². The third kappa shape index (κ3) is 2.23. The van der Waals surface area contributed by atoms with Gasteiger partial charge in [0.1, 0.15) is 0 Å². The van der Waals surface area contributed by atoms with E-state index in [-0.39, 0.29) is 11.9 Å². The Labute approximate surface area is 83.0 Å². The minimum atomic E-state index is 0.0522. The van der Waals surface area contributed by atoms with Gasteiger partial charge >= 0.3 is 0 Å². The van der Waals surface area contributed by atoms with Crippen molar-refractivity contribution in [1.29, 1.82) is 0 Å². The molecule has 14 heavy (non-hydrogen) atoms. The number of hydrogen-bond acceptors (Lipinski definition) is 3. The van der Waals surface area contributed by atoms with Crippen LogP contribution in [0.1, 0.15) is 24.2 Å². The Morgan fingerprint density at radius 2 is 2.00 bits per heavy atom. The van der Waals surface area contributed by atoms with Crippen LogP contribution >= 0.6 is 0 Å². The Morgan fingerprint density at radius 1 is 1.43 bits per heavy atom. The molecule has 4 nitrogen and oxygen atoms in total. The monoisotopic (exact) mass is 194 g/mol. The standard InChI is InChI=1S/C10H14N2O2/c1-7(14-2)8-3-5-9(6-4-8)10(11)12-13/h3-7,13H,1-2H3,(H2,11,12). The summed E-state index contributed by atoms with van der Waals surface area (Å²) in [7, 11) is 1.65. The molecule has 0 aromatic heterocycles. The lowest BCUT2D eigenvalue weighted by Crippen LogP contribution is -2.12. The first-order valence-corrected chi connectivity index (χ1v) is 4.29. The van der Waals surface area contributed by atoms with Gasteiger partial charge in [0.15, 0.2) is 5.84 Å². The second-order valence-corrected chi connectivity index (χ2v) is 2.99. The van der Waals surface area contributed by atoms with Crippen LogP contribution in [-0.4, -0.2) is 18.2 Å². The van der Waals surface area contributed by atoms with Gasteiger partial charge in [-0.05, 0) is 12.5 Å². The lowest BCUT2D eigenvalue weighted by Gasteiger charge is -2.09. The second kappa shape index (κ2) is 4.62. The minimum absolute atomic E-state index is 0.0522. The summed E-state index contributed by atoms with van der Waals surface area (Å²) in [5.74, 6) is 0.113. The van der Waals surface area contributed by atoms with Gasteiger partial charge in [0, 0.05) is 12.7 Å². The number of benzene rings is 1. The van der Waals surface area contributed by atoms with Gasteiger partial charge in [0.25, 0.3) is 0 Å². The van der Waals surface area contributed by atoms with Gasteiger partial charge in [-0.15, -0.1) is 0 Å². The molecule has 1 rings (SSSR count). The average Bonchev–Trinajstić information content (AvgIpc) is 2.27. The molecule has 0 spiro atoms. The van der Waals surface area contributed by atoms with Gasteiger partial charge in [0.2, 0.25) is 0 Å². The van der Waals surface area contributed by atoms with Crippen molar-refractivity contribution in [2.45, 2.75) is 13.0 Å². The SMILES string of the molecule is COC(C)c1ccc(/C(N)=N/O)cc1. The summed E-state index contributed by atoms with van der Waals surface area (Å²) >= 11 is 0. The average molecular weight is 194 g/mol. The van der Waals surface area contributed by atoms with E-state index in [0.29, 0.717) is 5.56 Å². The Bertz CT molecular complexity index is 319. The van der Waals surface area contributed by atoms with Crippen molar-refractivity contribution in [1.82, 2.24) is 0 Å². The molecule has 0 saturated heterocycles. The van der Waals surface area contributed by atoms with Gasteiger partial charge in [-0.25, -0.2) is 0 Å². The molecule has 0 aliphatic carbocycles. The molecule has 0 saturated carbocycles. The molecule has 1 aromatic rings. The maximum Gasteiger partial charge on any atom is 0.170 e. The zero-order chi connectivity index (χ0) is 10.6. The molecular formula is C10H14N2O2. The topological polar surface area (TPSA) is 67.8 Å². The Morgan fingerprint density at radius 3 is 2.43 bits per heavy atom. The summed E-state index contributed by atoms with van der Waals surface area (Å²) in [5, 5.41) is 11.4. The Hall–Kier alpha value is -1.55. The number of ether oxygens (including phenoxy) is 1. The van der Waals surface area contributed by atoms with E-state index >= 15 is 0 Å². The molecule has 1 atom stereocenters. The van der Waals surface area contributed by atoms with Crippen LogP contribution in [0.15, 0.2) is 29.4 Å². The maximum absolute atomic E-state index is 8.45. The van der Waals surface area contributed by atoms with Crippen LogP contribution in [0.3, 0.4) is 0 Å². The summed E-state index contributed by atoms with van der Waals surface area (Å²) in [6, 6.07) is 7.36. The highest BCUT2D eigenvalue weighted by Gasteiger charge is 2.04. The number of amidine groups is 1. The molecule has 0 amide bonds. The quantitative estimate of drug-likeness (QED) is 0.331. The van der Waals surface area contributed by atoms with Gasteiger partial charge in [-0.3, -0.25) is 0 Å². The highest BCUT2D eigenvalue weighted by atomic mass is 16.5. The maximum atomic E-state index is 8.45. The van der Waals surface area contributed by atoms with Crippen molar-refractivity contribution in [2.24, 2.45) is 10.9 Å². The van der Waals surface area contributed by atoms with Crippen molar-refractivity contribution >= 4 is 5.84 Å². The van der Waals surface area contributed by atoms with E-state index in [1.165, 1.54) is 0 Å². The molecule has 1 unspecified atom stereocenters. The molecule has 0 aliphatic heterocycles. The predicted octanol–water partition coefficient (Wildman–Crippen LogP) is 1.49. The first-order valence-electron chi connectivity index (χ1n) is 4.29. The van der Waals surface area contributed by atoms with Crippen molar-refractivity contribution in [3.8, 4) is 0 Å². The Kier molecular flexibility index (Phi) is 3.48. The molecule has 76 valence electrons. The largest absolute Gasteiger partial charge is 0.409 e. The summed E-state index contributed by atoms with van der Waals surface area (Å²) < 4.78 is 5.15. The fourth-order valence-corrected chi connectivity index (χ4v) is 1.12. The van der Waals surface area contributed by atoms with Crippen LogP contribution in [0.5, 0.6) is 0 Å². The zero-order valence-electron chi connectivity index (χ0n) is 8.27. The fourth-order valence-electron chi connectivity index (χ4n) is 1.12. The number of oxime groups is 1. The number of rotatable bonds is 3. The van der Waals surface area contributed by atoms with E-state index in [9.17, 15) is 0 Å². The number of nitrogens with two attached hydrogens (primary N) is 1. The highest BCUT2D eigenvalue weighted by Crippen LogP contribution is 2.15. The smallest absolute Gasteiger partial charge is 0.170 e. The van der Waals surface area contributed by atoms with E-state index in [4.69, 9.17) is 15.7 Å². The molecule has 0 radical (unpaired) electrons. The number of hydrogen-bond donors (Lipinski definition) is 2. The molecular weight excluding hydrogens is 180 g/mol. The fraction of sp³-hybridized carbons (Fsp3) is 0.300. The van der Waals surface area contributed by atoms with E-state index < -0.39 is 0 Å². The number of nitrogens with zero attached hydrogens (tertiary/aromatic N) is 1. The van der Waals surface area contributed by atoms with Crippen LogP contribution in [0.2, 0.25) is 0 Å².